The molecule has 1 fully saturated rings. The second kappa shape index (κ2) is 12.2. The molecule has 2 amide bonds. The Bertz CT molecular complexity index is 1510. The number of amides is 2. The van der Waals surface area contributed by atoms with Gasteiger partial charge in [0.1, 0.15) is 16.0 Å². The van der Waals surface area contributed by atoms with Crippen LogP contribution in [0.3, 0.4) is 0 Å². The van der Waals surface area contributed by atoms with Crippen molar-refractivity contribution in [2.24, 2.45) is 5.92 Å². The Morgan fingerprint density at radius 1 is 0.825 bits per heavy atom. The van der Waals surface area contributed by atoms with Crippen LogP contribution < -0.4 is 10.6 Å². The standard InChI is InChI=1S/C26H15Cl7F2N2O3/c27-15-4-2-11(36-24(39)22-21(26(22,32)33)10-1-3-16(28)17(29)5-10)6-13(15)20(38)9-14-18(34)7-12(8-19(14)35)37-25(40)23(30)31/h1-8,21-23H,9H2,(H,36,39)(H,37,40)/t21-,22+/m0/s1. The monoisotopic (exact) mass is 686 g/mol. The van der Waals surface area contributed by atoms with Crippen LogP contribution in [0.5, 0.6) is 0 Å². The van der Waals surface area contributed by atoms with Crippen LogP contribution in [-0.4, -0.2) is 26.8 Å². The van der Waals surface area contributed by atoms with E-state index in [4.69, 9.17) is 81.2 Å². The molecule has 0 heterocycles. The normalized spacial score (nSPS) is 17.4. The van der Waals surface area contributed by atoms with Gasteiger partial charge < -0.3 is 10.6 Å². The first-order valence-corrected chi connectivity index (χ1v) is 14.0. The maximum Gasteiger partial charge on any atom is 0.257 e. The van der Waals surface area contributed by atoms with Gasteiger partial charge in [0.2, 0.25) is 5.91 Å². The summed E-state index contributed by atoms with van der Waals surface area (Å²) >= 11 is 41.8. The van der Waals surface area contributed by atoms with Crippen molar-refractivity contribution >= 4 is 110 Å². The Hall–Kier alpha value is -1.84. The lowest BCUT2D eigenvalue weighted by Crippen LogP contribution is -2.19. The van der Waals surface area contributed by atoms with Gasteiger partial charge in [0.25, 0.3) is 5.91 Å². The van der Waals surface area contributed by atoms with Gasteiger partial charge >= 0.3 is 0 Å². The van der Waals surface area contributed by atoms with Crippen molar-refractivity contribution in [3.05, 3.63) is 91.9 Å². The molecule has 1 aliphatic carbocycles. The molecule has 3 aromatic rings. The van der Waals surface area contributed by atoms with Crippen LogP contribution in [0.2, 0.25) is 15.1 Å². The average molecular weight is 690 g/mol. The van der Waals surface area contributed by atoms with Crippen molar-refractivity contribution in [2.75, 3.05) is 10.6 Å². The Kier molecular flexibility index (Phi) is 9.47. The van der Waals surface area contributed by atoms with E-state index in [9.17, 15) is 23.2 Å². The highest BCUT2D eigenvalue weighted by molar-refractivity contribution is 6.54. The van der Waals surface area contributed by atoms with Gasteiger partial charge in [-0.25, -0.2) is 8.78 Å². The number of hydrogen-bond acceptors (Lipinski definition) is 3. The third-order valence-corrected chi connectivity index (χ3v) is 8.52. The number of halogens is 9. The number of benzene rings is 3. The Labute approximate surface area is 261 Å². The van der Waals surface area contributed by atoms with E-state index in [-0.39, 0.29) is 27.0 Å². The number of carbonyl (C=O) groups is 3. The lowest BCUT2D eigenvalue weighted by atomic mass is 10.0. The third kappa shape index (κ3) is 6.62. The molecule has 2 atom stereocenters. The summed E-state index contributed by atoms with van der Waals surface area (Å²) in [5.74, 6) is -5.75. The Balaban J connectivity index is 1.50. The number of ketones is 1. The van der Waals surface area contributed by atoms with Gasteiger partial charge in [-0.2, -0.15) is 0 Å². The molecule has 0 aromatic heterocycles. The average Bonchev–Trinajstić information content (AvgIpc) is 3.45. The van der Waals surface area contributed by atoms with Crippen LogP contribution in [0.25, 0.3) is 0 Å². The highest BCUT2D eigenvalue weighted by Gasteiger charge is 2.67. The van der Waals surface area contributed by atoms with Crippen LogP contribution >= 0.6 is 81.2 Å². The number of carbonyl (C=O) groups excluding carboxylic acids is 3. The van der Waals surface area contributed by atoms with Crippen molar-refractivity contribution in [1.29, 1.82) is 0 Å². The summed E-state index contributed by atoms with van der Waals surface area (Å²) in [6.45, 7) is 0. The lowest BCUT2D eigenvalue weighted by Gasteiger charge is -2.11. The molecule has 0 spiro atoms. The van der Waals surface area contributed by atoms with E-state index in [1.807, 2.05) is 0 Å². The molecule has 4 rings (SSSR count). The van der Waals surface area contributed by atoms with E-state index in [2.05, 4.69) is 10.6 Å². The molecule has 2 N–H and O–H groups in total. The topological polar surface area (TPSA) is 75.3 Å². The smallest absolute Gasteiger partial charge is 0.257 e. The fourth-order valence-corrected chi connectivity index (χ4v) is 5.57. The predicted octanol–water partition coefficient (Wildman–Crippen LogP) is 8.62. The van der Waals surface area contributed by atoms with Gasteiger partial charge in [-0.05, 0) is 48.0 Å². The second-order valence-corrected chi connectivity index (χ2v) is 12.6. The second-order valence-electron chi connectivity index (χ2n) is 8.80. The summed E-state index contributed by atoms with van der Waals surface area (Å²) in [7, 11) is 0. The third-order valence-electron chi connectivity index (χ3n) is 6.12. The molecule has 210 valence electrons. The number of nitrogens with one attached hydrogen (secondary N) is 2. The van der Waals surface area contributed by atoms with Crippen molar-refractivity contribution in [3.8, 4) is 0 Å². The number of Topliss-reactive ketones (excluding diaryl/α,β-unsaturated/α-hetero) is 1. The summed E-state index contributed by atoms with van der Waals surface area (Å²) in [4.78, 5) is 36.1. The van der Waals surface area contributed by atoms with E-state index < -0.39 is 62.2 Å². The zero-order valence-corrected chi connectivity index (χ0v) is 25.0. The Morgan fingerprint density at radius 3 is 2.05 bits per heavy atom. The van der Waals surface area contributed by atoms with Crippen LogP contribution in [0, 0.1) is 17.6 Å². The van der Waals surface area contributed by atoms with Gasteiger partial charge in [0.15, 0.2) is 10.6 Å². The SMILES string of the molecule is O=C(Cc1c(F)cc(NC(=O)C(Cl)Cl)cc1F)c1cc(NC(=O)[C@H]2[C@H](c3ccc(Cl)c(Cl)c3)C2(Cl)Cl)ccc1Cl. The Morgan fingerprint density at radius 2 is 1.45 bits per heavy atom. The summed E-state index contributed by atoms with van der Waals surface area (Å²) in [5.41, 5.74) is -0.0938. The van der Waals surface area contributed by atoms with Crippen LogP contribution in [0.1, 0.15) is 27.4 Å². The lowest BCUT2D eigenvalue weighted by molar-refractivity contribution is -0.117. The molecule has 0 bridgehead atoms. The fraction of sp³-hybridized carbons (Fsp3) is 0.192. The van der Waals surface area contributed by atoms with Crippen LogP contribution in [0.4, 0.5) is 20.2 Å². The van der Waals surface area contributed by atoms with Crippen LogP contribution in [0.15, 0.2) is 48.5 Å². The minimum atomic E-state index is -1.45. The number of alkyl halides is 4. The van der Waals surface area contributed by atoms with Crippen molar-refractivity contribution in [2.45, 2.75) is 21.5 Å². The molecule has 5 nitrogen and oxygen atoms in total. The molecule has 14 heteroatoms. The van der Waals surface area contributed by atoms with Crippen LogP contribution in [-0.2, 0) is 16.0 Å². The van der Waals surface area contributed by atoms with Crippen molar-refractivity contribution < 1.29 is 23.2 Å². The van der Waals surface area contributed by atoms with Gasteiger partial charge in [-0.1, -0.05) is 64.1 Å². The summed E-state index contributed by atoms with van der Waals surface area (Å²) in [6.07, 6.45) is -0.703. The summed E-state index contributed by atoms with van der Waals surface area (Å²) < 4.78 is 27.9. The van der Waals surface area contributed by atoms with E-state index >= 15 is 0 Å². The highest BCUT2D eigenvalue weighted by Crippen LogP contribution is 2.65. The van der Waals surface area contributed by atoms with Crippen molar-refractivity contribution in [1.82, 2.24) is 0 Å². The van der Waals surface area contributed by atoms with Gasteiger partial charge in [-0.15, -0.1) is 23.2 Å². The molecule has 3 aromatic carbocycles. The fourth-order valence-electron chi connectivity index (χ4n) is 4.11. The minimum absolute atomic E-state index is 0.00731. The first kappa shape index (κ1) is 31.1. The number of rotatable bonds is 8. The maximum atomic E-state index is 14.6. The van der Waals surface area contributed by atoms with Gasteiger partial charge in [0.05, 0.1) is 21.0 Å². The molecular weight excluding hydrogens is 674 g/mol. The molecule has 0 saturated heterocycles. The molecule has 40 heavy (non-hydrogen) atoms. The summed E-state index contributed by atoms with van der Waals surface area (Å²) in [6, 6.07) is 10.5. The minimum Gasteiger partial charge on any atom is -0.326 e. The maximum absolute atomic E-state index is 14.6. The first-order valence-electron chi connectivity index (χ1n) is 11.2. The molecule has 0 aliphatic heterocycles. The highest BCUT2D eigenvalue weighted by atomic mass is 35.5. The largest absolute Gasteiger partial charge is 0.326 e. The van der Waals surface area contributed by atoms with E-state index in [0.29, 0.717) is 10.6 Å². The molecule has 0 unspecified atom stereocenters. The quantitative estimate of drug-likeness (QED) is 0.184. The first-order chi connectivity index (χ1) is 18.7. The predicted molar refractivity (Wildman–Crippen MR) is 156 cm³/mol. The zero-order valence-electron chi connectivity index (χ0n) is 19.7. The van der Waals surface area contributed by atoms with E-state index in [1.165, 1.54) is 18.2 Å². The van der Waals surface area contributed by atoms with E-state index in [1.54, 1.807) is 18.2 Å². The molecule has 1 saturated carbocycles. The molecular formula is C26H15Cl7F2N2O3. The molecule has 1 aliphatic rings. The van der Waals surface area contributed by atoms with Gasteiger partial charge in [-0.3, -0.25) is 14.4 Å². The van der Waals surface area contributed by atoms with E-state index in [0.717, 1.165) is 12.1 Å². The van der Waals surface area contributed by atoms with Crippen molar-refractivity contribution in [3.63, 3.8) is 0 Å². The molecule has 0 radical (unpaired) electrons. The number of hydrogen-bond donors (Lipinski definition) is 2. The number of anilines is 2. The zero-order chi connectivity index (χ0) is 29.5. The van der Waals surface area contributed by atoms with Gasteiger partial charge in [0, 0.05) is 34.8 Å². The summed E-state index contributed by atoms with van der Waals surface area (Å²) in [5, 5.41) is 5.39.